The molecule has 1 N–H and O–H groups in total. The van der Waals surface area contributed by atoms with Gasteiger partial charge in [-0.05, 0) is 48.4 Å². The summed E-state index contributed by atoms with van der Waals surface area (Å²) in [6, 6.07) is 17.1. The number of halogens is 1. The van der Waals surface area contributed by atoms with Gasteiger partial charge in [0.2, 0.25) is 11.8 Å². The molecular weight excluding hydrogens is 525 g/mol. The van der Waals surface area contributed by atoms with E-state index in [1.165, 1.54) is 56.5 Å². The highest BCUT2D eigenvalue weighted by Gasteiger charge is 2.33. The van der Waals surface area contributed by atoms with Gasteiger partial charge in [0.05, 0.1) is 24.8 Å². The van der Waals surface area contributed by atoms with Gasteiger partial charge in [0.1, 0.15) is 18.4 Å². The smallest absolute Gasteiger partial charge is 0.264 e. The molecule has 0 aliphatic heterocycles. The van der Waals surface area contributed by atoms with E-state index in [-0.39, 0.29) is 28.8 Å². The van der Waals surface area contributed by atoms with E-state index in [2.05, 4.69) is 5.32 Å². The van der Waals surface area contributed by atoms with Crippen LogP contribution in [0.4, 0.5) is 10.1 Å². The molecule has 1 atom stereocenters. The summed E-state index contributed by atoms with van der Waals surface area (Å²) in [4.78, 5) is 27.8. The number of anilines is 1. The lowest BCUT2D eigenvalue weighted by molar-refractivity contribution is -0.140. The number of amides is 2. The number of methoxy groups -OCH3 is 2. The first-order valence-electron chi connectivity index (χ1n) is 12.2. The summed E-state index contributed by atoms with van der Waals surface area (Å²) >= 11 is 0. The van der Waals surface area contributed by atoms with E-state index < -0.39 is 34.3 Å². The van der Waals surface area contributed by atoms with Crippen molar-refractivity contribution in [2.24, 2.45) is 0 Å². The Labute approximate surface area is 228 Å². The van der Waals surface area contributed by atoms with E-state index in [4.69, 9.17) is 9.47 Å². The number of hydrogen-bond acceptors (Lipinski definition) is 6. The van der Waals surface area contributed by atoms with Gasteiger partial charge in [0, 0.05) is 19.7 Å². The van der Waals surface area contributed by atoms with E-state index in [1.807, 2.05) is 30.3 Å². The van der Waals surface area contributed by atoms with Crippen LogP contribution >= 0.6 is 0 Å². The summed E-state index contributed by atoms with van der Waals surface area (Å²) in [6.07, 6.45) is 0.303. The van der Waals surface area contributed by atoms with Crippen molar-refractivity contribution in [2.45, 2.75) is 30.8 Å². The molecule has 0 radical (unpaired) electrons. The van der Waals surface area contributed by atoms with Crippen molar-refractivity contribution in [1.82, 2.24) is 10.2 Å². The molecule has 0 spiro atoms. The van der Waals surface area contributed by atoms with Gasteiger partial charge in [-0.3, -0.25) is 13.9 Å². The molecule has 0 fully saturated rings. The fourth-order valence-corrected chi connectivity index (χ4v) is 5.54. The van der Waals surface area contributed by atoms with Gasteiger partial charge in [0.15, 0.2) is 11.5 Å². The predicted octanol–water partition coefficient (Wildman–Crippen LogP) is 3.59. The number of ether oxygens (including phenoxy) is 2. The van der Waals surface area contributed by atoms with Gasteiger partial charge in [0.25, 0.3) is 10.0 Å². The van der Waals surface area contributed by atoms with Crippen molar-refractivity contribution in [2.75, 3.05) is 32.1 Å². The Morgan fingerprint density at radius 3 is 2.15 bits per heavy atom. The minimum absolute atomic E-state index is 0.0761. The van der Waals surface area contributed by atoms with Crippen LogP contribution in [-0.4, -0.2) is 59.0 Å². The van der Waals surface area contributed by atoms with E-state index in [1.54, 1.807) is 6.92 Å². The second-order valence-electron chi connectivity index (χ2n) is 8.55. The van der Waals surface area contributed by atoms with Gasteiger partial charge >= 0.3 is 0 Å². The summed E-state index contributed by atoms with van der Waals surface area (Å²) in [5, 5.41) is 2.58. The normalized spacial score (nSPS) is 11.8. The molecule has 208 valence electrons. The molecule has 39 heavy (non-hydrogen) atoms. The van der Waals surface area contributed by atoms with E-state index in [0.29, 0.717) is 12.2 Å². The third-order valence-corrected chi connectivity index (χ3v) is 7.93. The van der Waals surface area contributed by atoms with Crippen LogP contribution in [0.5, 0.6) is 11.5 Å². The summed E-state index contributed by atoms with van der Waals surface area (Å²) in [5.74, 6) is -1.04. The quantitative estimate of drug-likeness (QED) is 0.365. The average Bonchev–Trinajstić information content (AvgIpc) is 2.96. The molecule has 9 nitrogen and oxygen atoms in total. The van der Waals surface area contributed by atoms with Crippen molar-refractivity contribution in [3.8, 4) is 11.5 Å². The molecule has 2 amide bonds. The molecule has 0 saturated heterocycles. The maximum absolute atomic E-state index is 13.9. The number of carbonyl (C=O) groups is 2. The average molecular weight is 558 g/mol. The Bertz CT molecular complexity index is 1380. The van der Waals surface area contributed by atoms with E-state index in [0.717, 1.165) is 22.0 Å². The van der Waals surface area contributed by atoms with Crippen molar-refractivity contribution in [3.05, 3.63) is 84.2 Å². The molecule has 0 heterocycles. The second-order valence-corrected chi connectivity index (χ2v) is 10.4. The summed E-state index contributed by atoms with van der Waals surface area (Å²) in [5.41, 5.74) is 0.844. The van der Waals surface area contributed by atoms with Crippen LogP contribution < -0.4 is 19.1 Å². The van der Waals surface area contributed by atoms with Gasteiger partial charge in [-0.15, -0.1) is 0 Å². The maximum Gasteiger partial charge on any atom is 0.264 e. The fraction of sp³-hybridized carbons (Fsp3) is 0.286. The first kappa shape index (κ1) is 29.4. The Balaban J connectivity index is 2.08. The number of sulfonamides is 1. The monoisotopic (exact) mass is 557 g/mol. The van der Waals surface area contributed by atoms with Crippen LogP contribution in [-0.2, 0) is 26.2 Å². The van der Waals surface area contributed by atoms with Gasteiger partial charge in [-0.25, -0.2) is 12.8 Å². The number of nitrogens with zero attached hydrogens (tertiary/aromatic N) is 2. The van der Waals surface area contributed by atoms with Crippen LogP contribution in [0.3, 0.4) is 0 Å². The molecular formula is C28H32FN3O6S. The van der Waals surface area contributed by atoms with Crippen LogP contribution in [0.2, 0.25) is 0 Å². The van der Waals surface area contributed by atoms with Crippen molar-refractivity contribution in [1.29, 1.82) is 0 Å². The van der Waals surface area contributed by atoms with Gasteiger partial charge in [-0.2, -0.15) is 0 Å². The van der Waals surface area contributed by atoms with Gasteiger partial charge < -0.3 is 19.7 Å². The number of likely N-dealkylation sites (N-methyl/N-ethyl adjacent to an activating group) is 1. The Kier molecular flexibility index (Phi) is 9.89. The number of hydrogen-bond donors (Lipinski definition) is 1. The first-order valence-corrected chi connectivity index (χ1v) is 13.7. The predicted molar refractivity (Wildman–Crippen MR) is 146 cm³/mol. The lowest BCUT2D eigenvalue weighted by Gasteiger charge is -2.33. The third-order valence-electron chi connectivity index (χ3n) is 6.16. The van der Waals surface area contributed by atoms with Crippen LogP contribution in [0.1, 0.15) is 18.9 Å². The highest BCUT2D eigenvalue weighted by Crippen LogP contribution is 2.32. The molecule has 3 rings (SSSR count). The lowest BCUT2D eigenvalue weighted by atomic mass is 10.1. The topological polar surface area (TPSA) is 105 Å². The molecule has 0 aromatic heterocycles. The maximum atomic E-state index is 13.9. The zero-order valence-electron chi connectivity index (χ0n) is 22.3. The molecule has 11 heteroatoms. The van der Waals surface area contributed by atoms with Gasteiger partial charge in [-0.1, -0.05) is 37.3 Å². The Morgan fingerprint density at radius 2 is 1.59 bits per heavy atom. The molecule has 0 saturated carbocycles. The van der Waals surface area contributed by atoms with E-state index >= 15 is 0 Å². The summed E-state index contributed by atoms with van der Waals surface area (Å²) in [6.45, 7) is 1.21. The third kappa shape index (κ3) is 6.85. The molecule has 0 aliphatic rings. The number of benzene rings is 3. The fourth-order valence-electron chi connectivity index (χ4n) is 4.11. The zero-order chi connectivity index (χ0) is 28.6. The Hall–Kier alpha value is -4.12. The highest BCUT2D eigenvalue weighted by molar-refractivity contribution is 7.92. The minimum Gasteiger partial charge on any atom is -0.493 e. The Morgan fingerprint density at radius 1 is 0.949 bits per heavy atom. The van der Waals surface area contributed by atoms with Crippen LogP contribution in [0.25, 0.3) is 0 Å². The lowest BCUT2D eigenvalue weighted by Crippen LogP contribution is -2.51. The minimum atomic E-state index is -4.36. The van der Waals surface area contributed by atoms with E-state index in [9.17, 15) is 22.4 Å². The van der Waals surface area contributed by atoms with Crippen LogP contribution in [0.15, 0.2) is 77.7 Å². The second kappa shape index (κ2) is 13.1. The largest absolute Gasteiger partial charge is 0.493 e. The van der Waals surface area contributed by atoms with Crippen molar-refractivity contribution < 1.29 is 31.9 Å². The molecule has 0 unspecified atom stereocenters. The first-order chi connectivity index (χ1) is 18.7. The molecule has 0 aliphatic carbocycles. The number of carbonyl (C=O) groups excluding carboxylic acids is 2. The molecule has 3 aromatic rings. The SMILES string of the molecule is CC[C@H](C(=O)NC)N(Cc1ccccc1)C(=O)CN(c1ccc(F)cc1)S(=O)(=O)c1ccc(OC)c(OC)c1. The summed E-state index contributed by atoms with van der Waals surface area (Å²) in [7, 11) is -0.0825. The molecule has 0 bridgehead atoms. The highest BCUT2D eigenvalue weighted by atomic mass is 32.2. The van der Waals surface area contributed by atoms with Crippen molar-refractivity contribution >= 4 is 27.5 Å². The zero-order valence-corrected chi connectivity index (χ0v) is 23.1. The number of nitrogens with one attached hydrogen (secondary N) is 1. The molecule has 3 aromatic carbocycles. The number of rotatable bonds is 12. The van der Waals surface area contributed by atoms with Crippen molar-refractivity contribution in [3.63, 3.8) is 0 Å². The standard InChI is InChI=1S/C28H32FN3O6S/c1-5-24(28(34)30-2)31(18-20-9-7-6-8-10-20)27(33)19-32(22-13-11-21(29)12-14-22)39(35,36)23-15-16-25(37-3)26(17-23)38-4/h6-17,24H,5,18-19H2,1-4H3,(H,30,34)/t24-/m1/s1. The summed E-state index contributed by atoms with van der Waals surface area (Å²) < 4.78 is 53.0. The van der Waals surface area contributed by atoms with Crippen LogP contribution in [0, 0.1) is 5.82 Å².